The van der Waals surface area contributed by atoms with Gasteiger partial charge in [-0.05, 0) is 25.7 Å². The van der Waals surface area contributed by atoms with Crippen molar-refractivity contribution < 1.29 is 9.59 Å². The summed E-state index contributed by atoms with van der Waals surface area (Å²) >= 11 is 0. The molecule has 4 N–H and O–H groups in total. The van der Waals surface area contributed by atoms with E-state index in [9.17, 15) is 9.59 Å². The van der Waals surface area contributed by atoms with Crippen LogP contribution in [-0.4, -0.2) is 35.3 Å². The van der Waals surface area contributed by atoms with Crippen LogP contribution in [0.2, 0.25) is 0 Å². The summed E-state index contributed by atoms with van der Waals surface area (Å²) in [5.41, 5.74) is 11.1. The minimum Gasteiger partial charge on any atom is -0.368 e. The molecule has 0 aromatic carbocycles. The first-order valence-corrected chi connectivity index (χ1v) is 5.93. The van der Waals surface area contributed by atoms with E-state index in [0.717, 1.165) is 19.3 Å². The number of nitrogens with two attached hydrogens (primary N) is 2. The third-order valence-electron chi connectivity index (χ3n) is 3.03. The Morgan fingerprint density at radius 1 is 1.44 bits per heavy atom. The number of amides is 2. The summed E-state index contributed by atoms with van der Waals surface area (Å²) in [6.07, 6.45) is 4.05. The summed E-state index contributed by atoms with van der Waals surface area (Å²) in [7, 11) is 0. The lowest BCUT2D eigenvalue weighted by Gasteiger charge is -2.35. The van der Waals surface area contributed by atoms with E-state index in [2.05, 4.69) is 0 Å². The van der Waals surface area contributed by atoms with Crippen molar-refractivity contribution in [3.8, 4) is 0 Å². The summed E-state index contributed by atoms with van der Waals surface area (Å²) in [5.74, 6) is -0.554. The Morgan fingerprint density at radius 2 is 2.12 bits per heavy atom. The van der Waals surface area contributed by atoms with Crippen molar-refractivity contribution in [1.29, 1.82) is 0 Å². The minimum atomic E-state index is -0.495. The van der Waals surface area contributed by atoms with Crippen molar-refractivity contribution in [2.24, 2.45) is 11.5 Å². The second-order valence-corrected chi connectivity index (χ2v) is 4.34. The molecule has 0 aromatic heterocycles. The largest absolute Gasteiger partial charge is 0.368 e. The zero-order valence-electron chi connectivity index (χ0n) is 9.82. The molecule has 16 heavy (non-hydrogen) atoms. The van der Waals surface area contributed by atoms with Crippen LogP contribution in [0.25, 0.3) is 0 Å². The van der Waals surface area contributed by atoms with Gasteiger partial charge in [0.1, 0.15) is 6.04 Å². The zero-order valence-corrected chi connectivity index (χ0v) is 9.82. The predicted molar refractivity (Wildman–Crippen MR) is 61.4 cm³/mol. The molecule has 0 aliphatic carbocycles. The van der Waals surface area contributed by atoms with Gasteiger partial charge in [-0.1, -0.05) is 13.3 Å². The molecule has 0 spiro atoms. The Kier molecular flexibility index (Phi) is 4.73. The molecule has 1 fully saturated rings. The molecule has 2 unspecified atom stereocenters. The van der Waals surface area contributed by atoms with Crippen LogP contribution in [0, 0.1) is 0 Å². The summed E-state index contributed by atoms with van der Waals surface area (Å²) in [6, 6.07) is -0.950. The maximum atomic E-state index is 12.0. The van der Waals surface area contributed by atoms with Gasteiger partial charge >= 0.3 is 0 Å². The highest BCUT2D eigenvalue weighted by Gasteiger charge is 2.32. The number of hydrogen-bond donors (Lipinski definition) is 2. The van der Waals surface area contributed by atoms with Crippen molar-refractivity contribution in [3.63, 3.8) is 0 Å². The molecule has 0 bridgehead atoms. The molecule has 0 aromatic rings. The molecular formula is C11H21N3O2. The molecule has 0 saturated carbocycles. The van der Waals surface area contributed by atoms with Crippen molar-refractivity contribution >= 4 is 11.8 Å². The van der Waals surface area contributed by atoms with E-state index in [1.165, 1.54) is 0 Å². The molecule has 1 heterocycles. The van der Waals surface area contributed by atoms with E-state index < -0.39 is 18.0 Å². The minimum absolute atomic E-state index is 0.134. The van der Waals surface area contributed by atoms with Gasteiger partial charge < -0.3 is 16.4 Å². The summed E-state index contributed by atoms with van der Waals surface area (Å²) in [6.45, 7) is 2.58. The fourth-order valence-corrected chi connectivity index (χ4v) is 2.14. The lowest BCUT2D eigenvalue weighted by molar-refractivity contribution is -0.142. The van der Waals surface area contributed by atoms with E-state index in [1.807, 2.05) is 6.92 Å². The van der Waals surface area contributed by atoms with Crippen molar-refractivity contribution in [2.75, 3.05) is 6.54 Å². The molecule has 0 radical (unpaired) electrons. The zero-order chi connectivity index (χ0) is 12.1. The van der Waals surface area contributed by atoms with Crippen LogP contribution >= 0.6 is 0 Å². The van der Waals surface area contributed by atoms with Crippen molar-refractivity contribution in [1.82, 2.24) is 4.90 Å². The maximum Gasteiger partial charge on any atom is 0.240 e. The first kappa shape index (κ1) is 13.0. The number of rotatable bonds is 4. The monoisotopic (exact) mass is 227 g/mol. The van der Waals surface area contributed by atoms with Crippen LogP contribution in [0.15, 0.2) is 0 Å². The van der Waals surface area contributed by atoms with Gasteiger partial charge in [-0.25, -0.2) is 0 Å². The highest BCUT2D eigenvalue weighted by molar-refractivity contribution is 5.89. The van der Waals surface area contributed by atoms with Crippen LogP contribution in [0.3, 0.4) is 0 Å². The number of carbonyl (C=O) groups is 2. The van der Waals surface area contributed by atoms with Gasteiger partial charge in [0.15, 0.2) is 0 Å². The van der Waals surface area contributed by atoms with Gasteiger partial charge in [0.25, 0.3) is 0 Å². The van der Waals surface area contributed by atoms with Crippen molar-refractivity contribution in [3.05, 3.63) is 0 Å². The van der Waals surface area contributed by atoms with Crippen LogP contribution in [-0.2, 0) is 9.59 Å². The fourth-order valence-electron chi connectivity index (χ4n) is 2.14. The summed E-state index contributed by atoms with van der Waals surface area (Å²) < 4.78 is 0. The number of primary amides is 1. The molecule has 2 amide bonds. The molecule has 1 rings (SSSR count). The number of piperidine rings is 1. The van der Waals surface area contributed by atoms with Gasteiger partial charge in [-0.2, -0.15) is 0 Å². The molecular weight excluding hydrogens is 206 g/mol. The number of nitrogens with zero attached hydrogens (tertiary/aromatic N) is 1. The Balaban J connectivity index is 2.67. The molecule has 1 aliphatic rings. The average molecular weight is 227 g/mol. The summed E-state index contributed by atoms with van der Waals surface area (Å²) in [5, 5.41) is 0. The summed E-state index contributed by atoms with van der Waals surface area (Å²) in [4.78, 5) is 24.8. The molecule has 5 heteroatoms. The highest BCUT2D eigenvalue weighted by Crippen LogP contribution is 2.18. The second kappa shape index (κ2) is 5.84. The quantitative estimate of drug-likeness (QED) is 0.707. The first-order valence-electron chi connectivity index (χ1n) is 5.93. The SMILES string of the molecule is CCCC(N)C(=O)N1CCCCC1C(N)=O. The van der Waals surface area contributed by atoms with E-state index in [1.54, 1.807) is 4.90 Å². The molecule has 2 atom stereocenters. The third-order valence-corrected chi connectivity index (χ3v) is 3.03. The number of likely N-dealkylation sites (tertiary alicyclic amines) is 1. The van der Waals surface area contributed by atoms with E-state index in [0.29, 0.717) is 19.4 Å². The van der Waals surface area contributed by atoms with Crippen LogP contribution in [0.4, 0.5) is 0 Å². The molecule has 1 saturated heterocycles. The molecule has 1 aliphatic heterocycles. The third kappa shape index (κ3) is 2.95. The van der Waals surface area contributed by atoms with Gasteiger partial charge in [-0.3, -0.25) is 9.59 Å². The Hall–Kier alpha value is -1.10. The van der Waals surface area contributed by atoms with E-state index in [4.69, 9.17) is 11.5 Å². The highest BCUT2D eigenvalue weighted by atomic mass is 16.2. The average Bonchev–Trinajstić information content (AvgIpc) is 2.28. The van der Waals surface area contributed by atoms with Crippen LogP contribution < -0.4 is 11.5 Å². The Labute approximate surface area is 96.1 Å². The standard InChI is InChI=1S/C11H21N3O2/c1-2-5-8(12)11(16)14-7-4-3-6-9(14)10(13)15/h8-9H,2-7,12H2,1H3,(H2,13,15). The number of carbonyl (C=O) groups excluding carboxylic acids is 2. The van der Waals surface area contributed by atoms with Gasteiger partial charge in [0.05, 0.1) is 6.04 Å². The van der Waals surface area contributed by atoms with Crippen LogP contribution in [0.5, 0.6) is 0 Å². The lowest BCUT2D eigenvalue weighted by Crippen LogP contribution is -2.55. The smallest absolute Gasteiger partial charge is 0.240 e. The van der Waals surface area contributed by atoms with Crippen molar-refractivity contribution in [2.45, 2.75) is 51.1 Å². The lowest BCUT2D eigenvalue weighted by atomic mass is 10.00. The van der Waals surface area contributed by atoms with Gasteiger partial charge in [-0.15, -0.1) is 0 Å². The predicted octanol–water partition coefficient (Wildman–Crippen LogP) is -0.0198. The van der Waals surface area contributed by atoms with Crippen LogP contribution in [0.1, 0.15) is 39.0 Å². The Bertz CT molecular complexity index is 268. The topological polar surface area (TPSA) is 89.4 Å². The molecule has 92 valence electrons. The first-order chi connectivity index (χ1) is 7.57. The maximum absolute atomic E-state index is 12.0. The number of hydrogen-bond acceptors (Lipinski definition) is 3. The second-order valence-electron chi connectivity index (χ2n) is 4.34. The van der Waals surface area contributed by atoms with E-state index in [-0.39, 0.29) is 5.91 Å². The Morgan fingerprint density at radius 3 is 2.69 bits per heavy atom. The molecule has 5 nitrogen and oxygen atoms in total. The fraction of sp³-hybridized carbons (Fsp3) is 0.818. The van der Waals surface area contributed by atoms with Gasteiger partial charge in [0.2, 0.25) is 11.8 Å². The normalized spacial score (nSPS) is 22.9. The van der Waals surface area contributed by atoms with Gasteiger partial charge in [0, 0.05) is 6.54 Å². The van der Waals surface area contributed by atoms with E-state index >= 15 is 0 Å².